The van der Waals surface area contributed by atoms with Crippen LogP contribution in [0.4, 0.5) is 18.9 Å². The molecule has 0 spiro atoms. The van der Waals surface area contributed by atoms with Crippen LogP contribution < -0.4 is 10.5 Å². The molecule has 7 heteroatoms. The number of halogens is 3. The molecule has 0 radical (unpaired) electrons. The first kappa shape index (κ1) is 16.8. The van der Waals surface area contributed by atoms with E-state index in [4.69, 9.17) is 0 Å². The summed E-state index contributed by atoms with van der Waals surface area (Å²) in [6, 6.07) is 5.09. The van der Waals surface area contributed by atoms with Crippen molar-refractivity contribution in [3.8, 4) is 0 Å². The maximum absolute atomic E-state index is 13.3. The number of aromatic nitrogens is 1. The summed E-state index contributed by atoms with van der Waals surface area (Å²) in [5.74, 6) is 0. The molecule has 3 rings (SSSR count). The molecule has 1 fully saturated rings. The van der Waals surface area contributed by atoms with E-state index in [1.54, 1.807) is 6.07 Å². The quantitative estimate of drug-likeness (QED) is 0.882. The van der Waals surface area contributed by atoms with Gasteiger partial charge in [-0.3, -0.25) is 4.79 Å². The topological polar surface area (TPSA) is 56.3 Å². The molecular formula is C17H19F3N2O2. The average molecular weight is 340 g/mol. The lowest BCUT2D eigenvalue weighted by atomic mass is 10.0. The molecule has 4 nitrogen and oxygen atoms in total. The monoisotopic (exact) mass is 340 g/mol. The summed E-state index contributed by atoms with van der Waals surface area (Å²) in [5.41, 5.74) is -1.22. The van der Waals surface area contributed by atoms with Gasteiger partial charge in [0.05, 0.1) is 18.2 Å². The van der Waals surface area contributed by atoms with E-state index < -0.39 is 17.3 Å². The minimum absolute atomic E-state index is 0.0426. The number of anilines is 1. The van der Waals surface area contributed by atoms with Crippen molar-refractivity contribution in [3.63, 3.8) is 0 Å². The smallest absolute Gasteiger partial charge is 0.394 e. The maximum Gasteiger partial charge on any atom is 0.417 e. The zero-order valence-corrected chi connectivity index (χ0v) is 13.4. The molecule has 2 heterocycles. The molecule has 1 aliphatic heterocycles. The number of nitrogens with zero attached hydrogens (tertiary/aromatic N) is 1. The lowest BCUT2D eigenvalue weighted by molar-refractivity contribution is -0.136. The number of aliphatic hydroxyl groups excluding tert-OH is 1. The Labute approximate surface area is 136 Å². The number of benzene rings is 1. The van der Waals surface area contributed by atoms with Gasteiger partial charge >= 0.3 is 6.18 Å². The van der Waals surface area contributed by atoms with Crippen LogP contribution in [-0.2, 0) is 6.18 Å². The molecule has 1 saturated heterocycles. The van der Waals surface area contributed by atoms with Gasteiger partial charge in [-0.05, 0) is 44.9 Å². The van der Waals surface area contributed by atoms with Gasteiger partial charge in [-0.25, -0.2) is 0 Å². The number of rotatable bonds is 2. The first-order chi connectivity index (χ1) is 11.1. The summed E-state index contributed by atoms with van der Waals surface area (Å²) < 4.78 is 39.9. The highest BCUT2D eigenvalue weighted by molar-refractivity contribution is 5.86. The van der Waals surface area contributed by atoms with Crippen LogP contribution in [-0.4, -0.2) is 28.3 Å². The fourth-order valence-electron chi connectivity index (χ4n) is 3.62. The summed E-state index contributed by atoms with van der Waals surface area (Å²) in [6.45, 7) is 3.95. The number of hydrogen-bond donors (Lipinski definition) is 2. The Morgan fingerprint density at radius 3 is 2.67 bits per heavy atom. The van der Waals surface area contributed by atoms with Crippen LogP contribution in [0.5, 0.6) is 0 Å². The summed E-state index contributed by atoms with van der Waals surface area (Å²) in [5, 5.41) is 9.55. The van der Waals surface area contributed by atoms with Crippen molar-refractivity contribution in [2.45, 2.75) is 44.4 Å². The summed E-state index contributed by atoms with van der Waals surface area (Å²) in [7, 11) is 0. The van der Waals surface area contributed by atoms with E-state index >= 15 is 0 Å². The molecule has 1 atom stereocenters. The van der Waals surface area contributed by atoms with Crippen LogP contribution in [0, 0.1) is 0 Å². The molecular weight excluding hydrogens is 321 g/mol. The third kappa shape index (κ3) is 2.77. The van der Waals surface area contributed by atoms with Gasteiger partial charge in [-0.1, -0.05) is 0 Å². The molecule has 0 bridgehead atoms. The van der Waals surface area contributed by atoms with Crippen LogP contribution in [0.2, 0.25) is 0 Å². The second-order valence-electron chi connectivity index (χ2n) is 6.83. The van der Waals surface area contributed by atoms with Gasteiger partial charge in [0.25, 0.3) is 0 Å². The molecule has 24 heavy (non-hydrogen) atoms. The average Bonchev–Trinajstić information content (AvgIpc) is 2.79. The van der Waals surface area contributed by atoms with Crippen molar-refractivity contribution >= 4 is 16.6 Å². The molecule has 1 aliphatic rings. The zero-order valence-electron chi connectivity index (χ0n) is 13.4. The maximum atomic E-state index is 13.3. The fourth-order valence-corrected chi connectivity index (χ4v) is 3.62. The molecule has 0 saturated carbocycles. The standard InChI is InChI=1S/C17H19F3N2O2/c1-16(2)6-5-11(9-23)22(16)10-3-4-14-12(7-10)13(17(18,19)20)8-15(24)21-14/h3-4,7-8,11,23H,5-6,9H2,1-2H3,(H,21,24). The van der Waals surface area contributed by atoms with Crippen molar-refractivity contribution in [1.82, 2.24) is 4.98 Å². The van der Waals surface area contributed by atoms with Crippen LogP contribution in [0.15, 0.2) is 29.1 Å². The Morgan fingerprint density at radius 1 is 1.33 bits per heavy atom. The second-order valence-corrected chi connectivity index (χ2v) is 6.83. The minimum atomic E-state index is -4.61. The van der Waals surface area contributed by atoms with E-state index in [0.29, 0.717) is 11.8 Å². The number of aliphatic hydroxyl groups is 1. The van der Waals surface area contributed by atoms with E-state index in [-0.39, 0.29) is 29.1 Å². The number of pyridine rings is 1. The number of fused-ring (bicyclic) bond motifs is 1. The predicted octanol–water partition coefficient (Wildman–Crippen LogP) is 3.29. The molecule has 1 aromatic carbocycles. The predicted molar refractivity (Wildman–Crippen MR) is 86.2 cm³/mol. The van der Waals surface area contributed by atoms with Crippen molar-refractivity contribution < 1.29 is 18.3 Å². The molecule has 0 amide bonds. The Kier molecular flexibility index (Phi) is 3.86. The van der Waals surface area contributed by atoms with E-state index in [9.17, 15) is 23.1 Å². The van der Waals surface area contributed by atoms with Crippen molar-refractivity contribution in [2.75, 3.05) is 11.5 Å². The molecule has 0 aliphatic carbocycles. The van der Waals surface area contributed by atoms with Gasteiger partial charge in [0.2, 0.25) is 5.56 Å². The van der Waals surface area contributed by atoms with Crippen molar-refractivity contribution in [3.05, 3.63) is 40.2 Å². The Morgan fingerprint density at radius 2 is 2.04 bits per heavy atom. The van der Waals surface area contributed by atoms with Crippen molar-refractivity contribution in [2.24, 2.45) is 0 Å². The number of aromatic amines is 1. The van der Waals surface area contributed by atoms with Crippen LogP contribution >= 0.6 is 0 Å². The highest BCUT2D eigenvalue weighted by Crippen LogP contribution is 2.40. The highest BCUT2D eigenvalue weighted by Gasteiger charge is 2.39. The van der Waals surface area contributed by atoms with Gasteiger partial charge < -0.3 is 15.0 Å². The van der Waals surface area contributed by atoms with Crippen LogP contribution in [0.3, 0.4) is 0 Å². The first-order valence-corrected chi connectivity index (χ1v) is 7.78. The van der Waals surface area contributed by atoms with Gasteiger partial charge in [-0.2, -0.15) is 13.2 Å². The Hall–Kier alpha value is -2.02. The van der Waals surface area contributed by atoms with Gasteiger partial charge in [0, 0.05) is 28.2 Å². The highest BCUT2D eigenvalue weighted by atomic mass is 19.4. The number of alkyl halides is 3. The second kappa shape index (κ2) is 5.51. The normalized spacial score (nSPS) is 20.8. The SMILES string of the molecule is CC1(C)CCC(CO)N1c1ccc2[nH]c(=O)cc(C(F)(F)F)c2c1. The Balaban J connectivity index is 2.21. The van der Waals surface area contributed by atoms with E-state index in [1.165, 1.54) is 12.1 Å². The Bertz CT molecular complexity index is 827. The van der Waals surface area contributed by atoms with E-state index in [2.05, 4.69) is 4.98 Å². The summed E-state index contributed by atoms with van der Waals surface area (Å²) in [6.07, 6.45) is -2.99. The number of nitrogens with one attached hydrogen (secondary N) is 1. The first-order valence-electron chi connectivity index (χ1n) is 7.78. The number of H-pyrrole nitrogens is 1. The molecule has 1 unspecified atom stereocenters. The van der Waals surface area contributed by atoms with Crippen molar-refractivity contribution in [1.29, 1.82) is 0 Å². The largest absolute Gasteiger partial charge is 0.417 e. The molecule has 2 N–H and O–H groups in total. The van der Waals surface area contributed by atoms with E-state index in [0.717, 1.165) is 12.8 Å². The fraction of sp³-hybridized carbons (Fsp3) is 0.471. The molecule has 2 aromatic rings. The molecule has 1 aromatic heterocycles. The minimum Gasteiger partial charge on any atom is -0.394 e. The van der Waals surface area contributed by atoms with Crippen LogP contribution in [0.25, 0.3) is 10.9 Å². The zero-order chi connectivity index (χ0) is 17.7. The van der Waals surface area contributed by atoms with Gasteiger partial charge in [0.1, 0.15) is 0 Å². The third-order valence-electron chi connectivity index (χ3n) is 4.73. The number of hydrogen-bond acceptors (Lipinski definition) is 3. The lowest BCUT2D eigenvalue weighted by Crippen LogP contribution is -2.44. The summed E-state index contributed by atoms with van der Waals surface area (Å²) in [4.78, 5) is 15.9. The van der Waals surface area contributed by atoms with E-state index in [1.807, 2.05) is 18.7 Å². The summed E-state index contributed by atoms with van der Waals surface area (Å²) >= 11 is 0. The third-order valence-corrected chi connectivity index (χ3v) is 4.73. The van der Waals surface area contributed by atoms with Gasteiger partial charge in [0.15, 0.2) is 0 Å². The molecule has 130 valence electrons. The van der Waals surface area contributed by atoms with Crippen LogP contribution in [0.1, 0.15) is 32.3 Å². The lowest BCUT2D eigenvalue weighted by Gasteiger charge is -2.37. The van der Waals surface area contributed by atoms with Gasteiger partial charge in [-0.15, -0.1) is 0 Å².